The maximum Gasteiger partial charge on any atom is 0.410 e. The second-order valence-electron chi connectivity index (χ2n) is 8.17. The first-order chi connectivity index (χ1) is 13.7. The van der Waals surface area contributed by atoms with E-state index in [9.17, 15) is 9.59 Å². The van der Waals surface area contributed by atoms with Crippen molar-refractivity contribution in [3.63, 3.8) is 0 Å². The molecule has 1 aliphatic heterocycles. The molecule has 1 aromatic heterocycles. The molecule has 1 aliphatic rings. The highest BCUT2D eigenvalue weighted by Crippen LogP contribution is 2.15. The first-order valence-electron chi connectivity index (χ1n) is 9.75. The van der Waals surface area contributed by atoms with Crippen LogP contribution in [0.1, 0.15) is 43.1 Å². The van der Waals surface area contributed by atoms with Crippen LogP contribution in [-0.4, -0.2) is 63.4 Å². The Hall–Kier alpha value is -2.54. The first-order valence-corrected chi connectivity index (χ1v) is 10.1. The molecule has 1 saturated heterocycles. The number of benzene rings is 1. The Morgan fingerprint density at radius 2 is 1.72 bits per heavy atom. The molecule has 156 valence electrons. The molecule has 0 radical (unpaired) electrons. The predicted molar refractivity (Wildman–Crippen MR) is 111 cm³/mol. The third-order valence-corrected chi connectivity index (χ3v) is 4.78. The van der Waals surface area contributed by atoms with Gasteiger partial charge in [-0.2, -0.15) is 5.10 Å². The molecule has 3 rings (SSSR count). The van der Waals surface area contributed by atoms with Crippen LogP contribution < -0.4 is 0 Å². The van der Waals surface area contributed by atoms with E-state index >= 15 is 0 Å². The summed E-state index contributed by atoms with van der Waals surface area (Å²) in [4.78, 5) is 28.6. The van der Waals surface area contributed by atoms with Gasteiger partial charge in [0.15, 0.2) is 0 Å². The van der Waals surface area contributed by atoms with Gasteiger partial charge in [-0.05, 0) is 44.9 Å². The third-order valence-electron chi connectivity index (χ3n) is 4.58. The summed E-state index contributed by atoms with van der Waals surface area (Å²) in [5.74, 6) is -0.0234. The molecule has 0 unspecified atom stereocenters. The van der Waals surface area contributed by atoms with Crippen LogP contribution >= 0.6 is 11.6 Å². The molecule has 7 nitrogen and oxygen atoms in total. The lowest BCUT2D eigenvalue weighted by molar-refractivity contribution is 0.0255. The molecule has 0 saturated carbocycles. The fourth-order valence-corrected chi connectivity index (χ4v) is 3.33. The van der Waals surface area contributed by atoms with Gasteiger partial charge in [0.25, 0.3) is 5.91 Å². The Morgan fingerprint density at radius 1 is 1.07 bits per heavy atom. The number of amides is 2. The van der Waals surface area contributed by atoms with E-state index in [1.54, 1.807) is 26.9 Å². The second kappa shape index (κ2) is 8.86. The molecule has 0 bridgehead atoms. The van der Waals surface area contributed by atoms with Gasteiger partial charge in [-0.1, -0.05) is 23.7 Å². The molecule has 0 N–H and O–H groups in total. The highest BCUT2D eigenvalue weighted by Gasteiger charge is 2.26. The molecule has 8 heteroatoms. The number of rotatable bonds is 3. The van der Waals surface area contributed by atoms with Crippen molar-refractivity contribution in [2.75, 3.05) is 26.2 Å². The van der Waals surface area contributed by atoms with Crippen LogP contribution in [-0.2, 0) is 11.3 Å². The van der Waals surface area contributed by atoms with E-state index in [0.29, 0.717) is 43.3 Å². The summed E-state index contributed by atoms with van der Waals surface area (Å²) >= 11 is 5.89. The monoisotopic (exact) mass is 418 g/mol. The second-order valence-corrected chi connectivity index (χ2v) is 8.60. The van der Waals surface area contributed by atoms with E-state index in [1.165, 1.54) is 0 Å². The van der Waals surface area contributed by atoms with Crippen molar-refractivity contribution in [3.8, 4) is 0 Å². The molecule has 29 heavy (non-hydrogen) atoms. The molecule has 0 spiro atoms. The van der Waals surface area contributed by atoms with Crippen molar-refractivity contribution in [1.82, 2.24) is 19.6 Å². The zero-order chi connectivity index (χ0) is 21.0. The van der Waals surface area contributed by atoms with Crippen LogP contribution in [0.15, 0.2) is 36.7 Å². The van der Waals surface area contributed by atoms with E-state index in [0.717, 1.165) is 12.0 Å². The lowest BCUT2D eigenvalue weighted by Crippen LogP contribution is -2.40. The zero-order valence-electron chi connectivity index (χ0n) is 17.1. The molecule has 2 aromatic rings. The Balaban J connectivity index is 1.58. The molecule has 1 fully saturated rings. The van der Waals surface area contributed by atoms with Gasteiger partial charge in [0, 0.05) is 37.9 Å². The van der Waals surface area contributed by atoms with E-state index in [2.05, 4.69) is 5.10 Å². The number of carbonyl (C=O) groups excluding carboxylic acids is 2. The number of aromatic nitrogens is 2. The Labute approximate surface area is 176 Å². The van der Waals surface area contributed by atoms with Gasteiger partial charge < -0.3 is 14.5 Å². The van der Waals surface area contributed by atoms with E-state index in [1.807, 2.05) is 45.0 Å². The minimum absolute atomic E-state index is 0.0234. The van der Waals surface area contributed by atoms with Crippen molar-refractivity contribution in [2.45, 2.75) is 39.3 Å². The predicted octanol–water partition coefficient (Wildman–Crippen LogP) is 3.67. The van der Waals surface area contributed by atoms with Gasteiger partial charge in [0.1, 0.15) is 5.60 Å². The normalized spacial score (nSPS) is 15.2. The highest BCUT2D eigenvalue weighted by atomic mass is 35.5. The molecular formula is C21H27ClN4O3. The van der Waals surface area contributed by atoms with Gasteiger partial charge >= 0.3 is 6.09 Å². The Morgan fingerprint density at radius 3 is 2.34 bits per heavy atom. The van der Waals surface area contributed by atoms with Gasteiger partial charge in [0.2, 0.25) is 0 Å². The summed E-state index contributed by atoms with van der Waals surface area (Å²) in [5, 5.41) is 4.76. The molecule has 0 aliphatic carbocycles. The van der Waals surface area contributed by atoms with Crippen LogP contribution in [0.4, 0.5) is 4.79 Å². The van der Waals surface area contributed by atoms with Gasteiger partial charge in [-0.15, -0.1) is 0 Å². The average molecular weight is 419 g/mol. The van der Waals surface area contributed by atoms with Crippen molar-refractivity contribution in [2.24, 2.45) is 0 Å². The summed E-state index contributed by atoms with van der Waals surface area (Å²) in [6, 6.07) is 7.51. The number of hydrogen-bond acceptors (Lipinski definition) is 4. The maximum atomic E-state index is 12.9. The molecule has 1 aromatic carbocycles. The third kappa shape index (κ3) is 5.97. The molecule has 0 atom stereocenters. The summed E-state index contributed by atoms with van der Waals surface area (Å²) < 4.78 is 7.19. The Bertz CT molecular complexity index is 858. The van der Waals surface area contributed by atoms with E-state index in [-0.39, 0.29) is 12.0 Å². The quantitative estimate of drug-likeness (QED) is 0.762. The van der Waals surface area contributed by atoms with E-state index in [4.69, 9.17) is 16.3 Å². The topological polar surface area (TPSA) is 67.7 Å². The van der Waals surface area contributed by atoms with Gasteiger partial charge in [0.05, 0.1) is 17.8 Å². The van der Waals surface area contributed by atoms with Crippen LogP contribution in [0.25, 0.3) is 0 Å². The summed E-state index contributed by atoms with van der Waals surface area (Å²) in [6.07, 6.45) is 3.76. The van der Waals surface area contributed by atoms with Crippen LogP contribution in [0.3, 0.4) is 0 Å². The first kappa shape index (κ1) is 21.2. The smallest absolute Gasteiger partial charge is 0.410 e. The van der Waals surface area contributed by atoms with Crippen LogP contribution in [0.5, 0.6) is 0 Å². The SMILES string of the molecule is CC(C)(C)OC(=O)N1CCCN(C(=O)c2ccc(Cn3cc(Cl)cn3)cc2)CC1. The summed E-state index contributed by atoms with van der Waals surface area (Å²) in [5.41, 5.74) is 1.15. The minimum Gasteiger partial charge on any atom is -0.444 e. The fourth-order valence-electron chi connectivity index (χ4n) is 3.18. The Kier molecular flexibility index (Phi) is 6.47. The lowest BCUT2D eigenvalue weighted by atomic mass is 10.1. The fraction of sp³-hybridized carbons (Fsp3) is 0.476. The highest BCUT2D eigenvalue weighted by molar-refractivity contribution is 6.30. The number of carbonyl (C=O) groups is 2. The zero-order valence-corrected chi connectivity index (χ0v) is 17.9. The van der Waals surface area contributed by atoms with E-state index < -0.39 is 5.60 Å². The summed E-state index contributed by atoms with van der Waals surface area (Å²) in [6.45, 7) is 8.31. The van der Waals surface area contributed by atoms with Gasteiger partial charge in [-0.25, -0.2) is 4.79 Å². The van der Waals surface area contributed by atoms with Crippen molar-refractivity contribution >= 4 is 23.6 Å². The largest absolute Gasteiger partial charge is 0.444 e. The van der Waals surface area contributed by atoms with Crippen molar-refractivity contribution in [1.29, 1.82) is 0 Å². The summed E-state index contributed by atoms with van der Waals surface area (Å²) in [7, 11) is 0. The van der Waals surface area contributed by atoms with Crippen molar-refractivity contribution in [3.05, 3.63) is 52.8 Å². The van der Waals surface area contributed by atoms with Crippen molar-refractivity contribution < 1.29 is 14.3 Å². The van der Waals surface area contributed by atoms with Crippen LogP contribution in [0, 0.1) is 0 Å². The number of ether oxygens (including phenoxy) is 1. The number of halogens is 1. The lowest BCUT2D eigenvalue weighted by Gasteiger charge is -2.26. The minimum atomic E-state index is -0.526. The molecule has 2 heterocycles. The standard InChI is InChI=1S/C21H27ClN4O3/c1-21(2,3)29-20(28)25-10-4-9-24(11-12-25)19(27)17-7-5-16(6-8-17)14-26-15-18(22)13-23-26/h5-8,13,15H,4,9-12,14H2,1-3H3. The molecule has 2 amide bonds. The number of hydrogen-bond donors (Lipinski definition) is 0. The van der Waals surface area contributed by atoms with Crippen LogP contribution in [0.2, 0.25) is 5.02 Å². The number of nitrogens with zero attached hydrogens (tertiary/aromatic N) is 4. The molecular weight excluding hydrogens is 392 g/mol. The average Bonchev–Trinajstić information content (AvgIpc) is 2.91. The maximum absolute atomic E-state index is 12.9. The van der Waals surface area contributed by atoms with Gasteiger partial charge in [-0.3, -0.25) is 9.48 Å².